The lowest BCUT2D eigenvalue weighted by Gasteiger charge is -2.31. The first kappa shape index (κ1) is 19.8. The van der Waals surface area contributed by atoms with Crippen molar-refractivity contribution in [1.82, 2.24) is 13.9 Å². The molecule has 6 nitrogen and oxygen atoms in total. The molecular formula is C22H25N3O3S. The second kappa shape index (κ2) is 7.72. The molecular weight excluding hydrogens is 386 g/mol. The van der Waals surface area contributed by atoms with Gasteiger partial charge in [0.2, 0.25) is 10.0 Å². The topological polar surface area (TPSA) is 72.3 Å². The summed E-state index contributed by atoms with van der Waals surface area (Å²) in [6, 6.07) is 14.3. The molecule has 29 heavy (non-hydrogen) atoms. The number of nitrogens with zero attached hydrogens (tertiary/aromatic N) is 3. The summed E-state index contributed by atoms with van der Waals surface area (Å²) < 4.78 is 29.7. The molecule has 7 heteroatoms. The lowest BCUT2D eigenvalue weighted by atomic mass is 9.98. The second-order valence-corrected chi connectivity index (χ2v) is 9.62. The van der Waals surface area contributed by atoms with Crippen molar-refractivity contribution in [1.29, 1.82) is 0 Å². The number of hydrogen-bond acceptors (Lipinski definition) is 4. The predicted molar refractivity (Wildman–Crippen MR) is 112 cm³/mol. The summed E-state index contributed by atoms with van der Waals surface area (Å²) in [6.45, 7) is 5.36. The van der Waals surface area contributed by atoms with Crippen molar-refractivity contribution in [3.63, 3.8) is 0 Å². The summed E-state index contributed by atoms with van der Waals surface area (Å²) in [7, 11) is -3.53. The molecule has 1 fully saturated rings. The van der Waals surface area contributed by atoms with Crippen LogP contribution in [0.2, 0.25) is 0 Å². The maximum atomic E-state index is 12.9. The molecule has 1 saturated heterocycles. The minimum Gasteiger partial charge on any atom is -0.328 e. The van der Waals surface area contributed by atoms with Gasteiger partial charge in [-0.1, -0.05) is 24.3 Å². The smallest absolute Gasteiger partial charge is 0.243 e. The molecule has 0 bridgehead atoms. The number of benzene rings is 2. The van der Waals surface area contributed by atoms with Crippen LogP contribution in [0.5, 0.6) is 0 Å². The molecule has 3 aromatic rings. The van der Waals surface area contributed by atoms with Crippen LogP contribution in [0.1, 0.15) is 35.9 Å². The quantitative estimate of drug-likeness (QED) is 0.601. The van der Waals surface area contributed by atoms with Crippen LogP contribution in [0.25, 0.3) is 11.0 Å². The molecule has 2 aromatic carbocycles. The Morgan fingerprint density at radius 1 is 1.07 bits per heavy atom. The van der Waals surface area contributed by atoms with E-state index in [0.29, 0.717) is 24.6 Å². The highest BCUT2D eigenvalue weighted by Gasteiger charge is 2.30. The van der Waals surface area contributed by atoms with E-state index in [1.54, 1.807) is 16.4 Å². The summed E-state index contributed by atoms with van der Waals surface area (Å²) in [4.78, 5) is 16.3. The highest BCUT2D eigenvalue weighted by atomic mass is 32.2. The zero-order chi connectivity index (χ0) is 20.6. The Morgan fingerprint density at radius 2 is 1.72 bits per heavy atom. The van der Waals surface area contributed by atoms with E-state index in [2.05, 4.69) is 15.6 Å². The van der Waals surface area contributed by atoms with Gasteiger partial charge in [-0.3, -0.25) is 4.79 Å². The van der Waals surface area contributed by atoms with E-state index in [9.17, 15) is 13.2 Å². The van der Waals surface area contributed by atoms with Crippen LogP contribution in [0.15, 0.2) is 53.4 Å². The van der Waals surface area contributed by atoms with E-state index in [-0.39, 0.29) is 10.7 Å². The minimum atomic E-state index is -3.53. The van der Waals surface area contributed by atoms with Crippen molar-refractivity contribution in [3.8, 4) is 0 Å². The van der Waals surface area contributed by atoms with Gasteiger partial charge < -0.3 is 4.57 Å². The first-order valence-electron chi connectivity index (χ1n) is 9.89. The Bertz CT molecular complexity index is 1140. The first-order chi connectivity index (χ1) is 13.9. The first-order valence-corrected chi connectivity index (χ1v) is 11.3. The van der Waals surface area contributed by atoms with Crippen molar-refractivity contribution in [2.45, 2.75) is 38.1 Å². The number of Topliss-reactive ketones (excluding diaryl/α,β-unsaturated/α-hetero) is 1. The van der Waals surface area contributed by atoms with Gasteiger partial charge in [0.25, 0.3) is 0 Å². The summed E-state index contributed by atoms with van der Waals surface area (Å²) in [5.74, 6) is 1.33. The molecule has 0 unspecified atom stereocenters. The number of sulfonamides is 1. The number of ketones is 1. The van der Waals surface area contributed by atoms with Gasteiger partial charge in [-0.05, 0) is 56.9 Å². The number of hydrogen-bond donors (Lipinski definition) is 0. The van der Waals surface area contributed by atoms with Crippen molar-refractivity contribution < 1.29 is 13.2 Å². The lowest BCUT2D eigenvalue weighted by Crippen LogP contribution is -2.39. The average molecular weight is 412 g/mol. The maximum absolute atomic E-state index is 12.9. The van der Waals surface area contributed by atoms with Gasteiger partial charge in [0.15, 0.2) is 5.78 Å². The Balaban J connectivity index is 1.44. The van der Waals surface area contributed by atoms with Crippen LogP contribution in [0.3, 0.4) is 0 Å². The van der Waals surface area contributed by atoms with Crippen LogP contribution in [-0.2, 0) is 16.6 Å². The standard InChI is InChI=1S/C22H25N3O3S/c1-16(26)19-7-9-20(10-8-19)29(27,28)24-13-11-18(12-14-24)15-25-17(2)23-21-5-3-4-6-22(21)25/h3-10,18H,11-15H2,1-2H3. The average Bonchev–Trinajstić information content (AvgIpc) is 3.04. The van der Waals surface area contributed by atoms with Crippen molar-refractivity contribution in [3.05, 3.63) is 59.9 Å². The maximum Gasteiger partial charge on any atom is 0.243 e. The van der Waals surface area contributed by atoms with Crippen molar-refractivity contribution in [2.75, 3.05) is 13.1 Å². The van der Waals surface area contributed by atoms with E-state index in [1.807, 2.05) is 25.1 Å². The van der Waals surface area contributed by atoms with Gasteiger partial charge in [-0.15, -0.1) is 0 Å². The van der Waals surface area contributed by atoms with Crippen molar-refractivity contribution in [2.24, 2.45) is 5.92 Å². The molecule has 0 saturated carbocycles. The highest BCUT2D eigenvalue weighted by molar-refractivity contribution is 7.89. The predicted octanol–water partition coefficient (Wildman–Crippen LogP) is 3.65. The molecule has 2 heterocycles. The summed E-state index contributed by atoms with van der Waals surface area (Å²) in [6.07, 6.45) is 1.63. The number of carbonyl (C=O) groups excluding carboxylic acids is 1. The molecule has 0 radical (unpaired) electrons. The number of aryl methyl sites for hydroxylation is 1. The number of para-hydroxylation sites is 2. The zero-order valence-electron chi connectivity index (χ0n) is 16.7. The van der Waals surface area contributed by atoms with Gasteiger partial charge in [0, 0.05) is 25.2 Å². The summed E-state index contributed by atoms with van der Waals surface area (Å²) >= 11 is 0. The molecule has 0 N–H and O–H groups in total. The van der Waals surface area contributed by atoms with Crippen LogP contribution < -0.4 is 0 Å². The second-order valence-electron chi connectivity index (χ2n) is 7.69. The fourth-order valence-electron chi connectivity index (χ4n) is 4.03. The number of carbonyl (C=O) groups is 1. The third kappa shape index (κ3) is 3.84. The van der Waals surface area contributed by atoms with Gasteiger partial charge in [-0.2, -0.15) is 4.31 Å². The minimum absolute atomic E-state index is 0.0721. The number of fused-ring (bicyclic) bond motifs is 1. The van der Waals surface area contributed by atoms with Crippen LogP contribution in [0.4, 0.5) is 0 Å². The zero-order valence-corrected chi connectivity index (χ0v) is 17.5. The molecule has 152 valence electrons. The van der Waals surface area contributed by atoms with E-state index in [4.69, 9.17) is 0 Å². The number of piperidine rings is 1. The Labute approximate surface area is 171 Å². The fourth-order valence-corrected chi connectivity index (χ4v) is 5.50. The molecule has 0 aliphatic carbocycles. The summed E-state index contributed by atoms with van der Waals surface area (Å²) in [5, 5.41) is 0. The third-order valence-corrected chi connectivity index (χ3v) is 7.67. The van der Waals surface area contributed by atoms with Crippen molar-refractivity contribution >= 4 is 26.8 Å². The fraction of sp³-hybridized carbons (Fsp3) is 0.364. The van der Waals surface area contributed by atoms with Crippen LogP contribution >= 0.6 is 0 Å². The molecule has 0 amide bonds. The van der Waals surface area contributed by atoms with Crippen LogP contribution in [-0.4, -0.2) is 41.1 Å². The van der Waals surface area contributed by atoms with E-state index in [1.165, 1.54) is 19.1 Å². The third-order valence-electron chi connectivity index (χ3n) is 5.76. The number of aromatic nitrogens is 2. The summed E-state index contributed by atoms with van der Waals surface area (Å²) in [5.41, 5.74) is 2.65. The van der Waals surface area contributed by atoms with Gasteiger partial charge in [0.1, 0.15) is 5.82 Å². The number of rotatable bonds is 5. The van der Waals surface area contributed by atoms with E-state index in [0.717, 1.165) is 36.2 Å². The van der Waals surface area contributed by atoms with Gasteiger partial charge >= 0.3 is 0 Å². The molecule has 0 spiro atoms. The lowest BCUT2D eigenvalue weighted by molar-refractivity contribution is 0.101. The van der Waals surface area contributed by atoms with E-state index >= 15 is 0 Å². The number of imidazole rings is 1. The molecule has 1 aliphatic rings. The SMILES string of the molecule is CC(=O)c1ccc(S(=O)(=O)N2CCC(Cn3c(C)nc4ccccc43)CC2)cc1. The molecule has 1 aliphatic heterocycles. The van der Waals surface area contributed by atoms with E-state index < -0.39 is 10.0 Å². The Hall–Kier alpha value is -2.51. The Kier molecular flexibility index (Phi) is 5.27. The van der Waals surface area contributed by atoms with Gasteiger partial charge in [-0.25, -0.2) is 13.4 Å². The molecule has 0 atom stereocenters. The van der Waals surface area contributed by atoms with Crippen LogP contribution in [0, 0.1) is 12.8 Å². The Morgan fingerprint density at radius 3 is 2.38 bits per heavy atom. The monoisotopic (exact) mass is 411 g/mol. The largest absolute Gasteiger partial charge is 0.328 e. The highest BCUT2D eigenvalue weighted by Crippen LogP contribution is 2.27. The normalized spacial score (nSPS) is 16.3. The molecule has 4 rings (SSSR count). The van der Waals surface area contributed by atoms with Gasteiger partial charge in [0.05, 0.1) is 15.9 Å². The molecule has 1 aromatic heterocycles.